The Labute approximate surface area is 176 Å². The molecule has 154 valence electrons. The smallest absolute Gasteiger partial charge is 0.287 e. The number of carbonyl (C=O) groups excluding carboxylic acids is 2. The zero-order valence-corrected chi connectivity index (χ0v) is 17.2. The first-order valence-corrected chi connectivity index (χ1v) is 10.4. The molecule has 1 atom stereocenters. The van der Waals surface area contributed by atoms with Gasteiger partial charge in [-0.25, -0.2) is 0 Å². The summed E-state index contributed by atoms with van der Waals surface area (Å²) in [5.74, 6) is -1.51. The zero-order chi connectivity index (χ0) is 21.1. The minimum atomic E-state index is -1.27. The largest absolute Gasteiger partial charge is 0.363 e. The van der Waals surface area contributed by atoms with Crippen LogP contribution in [0.3, 0.4) is 0 Å². The summed E-state index contributed by atoms with van der Waals surface area (Å²) in [5, 5.41) is 5.43. The van der Waals surface area contributed by atoms with E-state index < -0.39 is 17.2 Å². The molecule has 1 aliphatic rings. The molecule has 1 amide bonds. The molecule has 30 heavy (non-hydrogen) atoms. The first kappa shape index (κ1) is 20.3. The molecule has 1 fully saturated rings. The van der Waals surface area contributed by atoms with Gasteiger partial charge in [-0.1, -0.05) is 66.7 Å². The van der Waals surface area contributed by atoms with Gasteiger partial charge in [0.2, 0.25) is 5.78 Å². The summed E-state index contributed by atoms with van der Waals surface area (Å²) in [4.78, 5) is 28.4. The fraction of sp³-hybridized carbons (Fsp3) is 0.280. The third-order valence-corrected chi connectivity index (χ3v) is 6.09. The van der Waals surface area contributed by atoms with E-state index in [4.69, 9.17) is 5.73 Å². The number of ketones is 1. The van der Waals surface area contributed by atoms with Crippen molar-refractivity contribution in [3.8, 4) is 0 Å². The van der Waals surface area contributed by atoms with Crippen molar-refractivity contribution in [3.63, 3.8) is 0 Å². The lowest BCUT2D eigenvalue weighted by Crippen LogP contribution is -2.57. The lowest BCUT2D eigenvalue weighted by molar-refractivity contribution is -0.142. The number of benzene rings is 3. The summed E-state index contributed by atoms with van der Waals surface area (Å²) in [6, 6.07) is 21.7. The van der Waals surface area contributed by atoms with Crippen molar-refractivity contribution in [2.24, 2.45) is 5.73 Å². The second kappa shape index (κ2) is 8.38. The highest BCUT2D eigenvalue weighted by molar-refractivity contribution is 6.40. The molecular weight excluding hydrogens is 374 g/mol. The second-order valence-electron chi connectivity index (χ2n) is 7.84. The highest BCUT2D eigenvalue weighted by atomic mass is 16.2. The molecule has 3 aromatic carbocycles. The lowest BCUT2D eigenvalue weighted by Gasteiger charge is -2.43. The number of nitrogens with zero attached hydrogens (tertiary/aromatic N) is 1. The Morgan fingerprint density at radius 2 is 1.63 bits per heavy atom. The van der Waals surface area contributed by atoms with E-state index in [9.17, 15) is 9.59 Å². The molecule has 4 rings (SSSR count). The van der Waals surface area contributed by atoms with Gasteiger partial charge in [0.05, 0.1) is 0 Å². The first-order chi connectivity index (χ1) is 14.6. The number of Topliss-reactive ketones (excluding diaryl/α,β-unsaturated/α-hetero) is 1. The predicted octanol–water partition coefficient (Wildman–Crippen LogP) is 2.74. The van der Waals surface area contributed by atoms with E-state index in [0.717, 1.165) is 47.0 Å². The van der Waals surface area contributed by atoms with Crippen molar-refractivity contribution in [2.75, 3.05) is 26.2 Å². The van der Waals surface area contributed by atoms with Gasteiger partial charge in [0.1, 0.15) is 5.54 Å². The Morgan fingerprint density at radius 1 is 0.900 bits per heavy atom. The fourth-order valence-corrected chi connectivity index (χ4v) is 4.73. The van der Waals surface area contributed by atoms with Crippen LogP contribution in [0.25, 0.3) is 10.8 Å². The van der Waals surface area contributed by atoms with E-state index in [1.165, 1.54) is 0 Å². The van der Waals surface area contributed by atoms with Gasteiger partial charge in [-0.2, -0.15) is 0 Å². The Kier molecular flexibility index (Phi) is 5.66. The number of primary amides is 1. The first-order valence-electron chi connectivity index (χ1n) is 10.4. The number of hydrogen-bond acceptors (Lipinski definition) is 4. The Morgan fingerprint density at radius 3 is 2.40 bits per heavy atom. The van der Waals surface area contributed by atoms with Crippen molar-refractivity contribution in [1.29, 1.82) is 0 Å². The maximum Gasteiger partial charge on any atom is 0.287 e. The zero-order valence-electron chi connectivity index (χ0n) is 17.2. The van der Waals surface area contributed by atoms with Crippen LogP contribution in [0.4, 0.5) is 0 Å². The molecule has 0 aliphatic carbocycles. The molecule has 5 nitrogen and oxygen atoms in total. The molecule has 0 spiro atoms. The van der Waals surface area contributed by atoms with Crippen LogP contribution in [0.15, 0.2) is 66.7 Å². The minimum Gasteiger partial charge on any atom is -0.363 e. The Hall–Kier alpha value is -3.02. The van der Waals surface area contributed by atoms with Gasteiger partial charge in [-0.15, -0.1) is 0 Å². The van der Waals surface area contributed by atoms with Gasteiger partial charge in [0, 0.05) is 19.6 Å². The van der Waals surface area contributed by atoms with Crippen LogP contribution in [0.5, 0.6) is 0 Å². The number of aryl methyl sites for hydroxylation is 1. The monoisotopic (exact) mass is 401 g/mol. The van der Waals surface area contributed by atoms with Crippen molar-refractivity contribution in [1.82, 2.24) is 10.2 Å². The third-order valence-electron chi connectivity index (χ3n) is 6.09. The quantitative estimate of drug-likeness (QED) is 0.645. The predicted molar refractivity (Wildman–Crippen MR) is 119 cm³/mol. The number of amides is 1. The van der Waals surface area contributed by atoms with Gasteiger partial charge >= 0.3 is 0 Å². The normalized spacial score (nSPS) is 17.2. The fourth-order valence-electron chi connectivity index (χ4n) is 4.73. The number of rotatable bonds is 5. The Bertz CT molecular complexity index is 1070. The maximum absolute atomic E-state index is 13.8. The average molecular weight is 402 g/mol. The van der Waals surface area contributed by atoms with Crippen LogP contribution in [0.2, 0.25) is 0 Å². The van der Waals surface area contributed by atoms with Crippen LogP contribution in [0, 0.1) is 6.92 Å². The van der Waals surface area contributed by atoms with Crippen LogP contribution >= 0.6 is 0 Å². The average Bonchev–Trinajstić information content (AvgIpc) is 3.05. The molecule has 3 N–H and O–H groups in total. The van der Waals surface area contributed by atoms with E-state index in [1.54, 1.807) is 0 Å². The number of carbonyl (C=O) groups is 2. The highest BCUT2D eigenvalue weighted by Gasteiger charge is 2.50. The van der Waals surface area contributed by atoms with Crippen molar-refractivity contribution in [3.05, 3.63) is 83.4 Å². The summed E-state index contributed by atoms with van der Waals surface area (Å²) in [6.07, 6.45) is 0.879. The maximum atomic E-state index is 13.8. The van der Waals surface area contributed by atoms with Crippen LogP contribution < -0.4 is 11.1 Å². The molecule has 5 heteroatoms. The van der Waals surface area contributed by atoms with Gasteiger partial charge < -0.3 is 11.1 Å². The minimum absolute atomic E-state index is 0.593. The molecule has 1 unspecified atom stereocenters. The van der Waals surface area contributed by atoms with E-state index in [2.05, 4.69) is 29.3 Å². The number of nitrogens with two attached hydrogens (primary N) is 1. The molecule has 1 aliphatic heterocycles. The summed E-state index contributed by atoms with van der Waals surface area (Å²) in [5.41, 5.74) is 7.11. The van der Waals surface area contributed by atoms with E-state index >= 15 is 0 Å². The standard InChI is InChI=1S/C25H27N3O2/c1-18-8-5-12-21-20(18)11-6-13-22(21)25(23(29)24(26)30,19-9-3-2-4-10-19)28-16-7-14-27-15-17-28/h2-6,8-13,27H,7,14-17H2,1H3,(H2,26,30). The lowest BCUT2D eigenvalue weighted by atomic mass is 9.75. The molecule has 3 aromatic rings. The van der Waals surface area contributed by atoms with Crippen molar-refractivity contribution >= 4 is 22.5 Å². The van der Waals surface area contributed by atoms with Gasteiger partial charge in [0.25, 0.3) is 5.91 Å². The van der Waals surface area contributed by atoms with Gasteiger partial charge in [-0.05, 0) is 47.4 Å². The second-order valence-corrected chi connectivity index (χ2v) is 7.84. The van der Waals surface area contributed by atoms with E-state index in [-0.39, 0.29) is 0 Å². The van der Waals surface area contributed by atoms with Crippen molar-refractivity contribution in [2.45, 2.75) is 18.9 Å². The summed E-state index contributed by atoms with van der Waals surface area (Å²) in [7, 11) is 0. The summed E-state index contributed by atoms with van der Waals surface area (Å²) in [6.45, 7) is 4.99. The molecule has 0 saturated carbocycles. The molecule has 1 heterocycles. The van der Waals surface area contributed by atoms with Gasteiger partial charge in [0.15, 0.2) is 0 Å². The molecule has 0 radical (unpaired) electrons. The van der Waals surface area contributed by atoms with Crippen molar-refractivity contribution < 1.29 is 9.59 Å². The highest BCUT2D eigenvalue weighted by Crippen LogP contribution is 2.41. The number of hydrogen-bond donors (Lipinski definition) is 2. The summed E-state index contributed by atoms with van der Waals surface area (Å²) < 4.78 is 0. The van der Waals surface area contributed by atoms with E-state index in [0.29, 0.717) is 13.1 Å². The Balaban J connectivity index is 2.11. The van der Waals surface area contributed by atoms with Gasteiger partial charge in [-0.3, -0.25) is 14.5 Å². The molecular formula is C25H27N3O2. The SMILES string of the molecule is Cc1cccc2c(C(C(=O)C(N)=O)(c3ccccc3)N3CCCNCC3)cccc12. The molecule has 1 saturated heterocycles. The van der Waals surface area contributed by atoms with Crippen LogP contribution in [-0.4, -0.2) is 42.8 Å². The third kappa shape index (κ3) is 3.30. The molecule has 0 bridgehead atoms. The molecule has 0 aromatic heterocycles. The topological polar surface area (TPSA) is 75.4 Å². The number of fused-ring (bicyclic) bond motifs is 1. The van der Waals surface area contributed by atoms with E-state index in [1.807, 2.05) is 54.6 Å². The van der Waals surface area contributed by atoms with Crippen LogP contribution in [0.1, 0.15) is 23.1 Å². The number of nitrogens with one attached hydrogen (secondary N) is 1. The summed E-state index contributed by atoms with van der Waals surface area (Å²) >= 11 is 0. The van der Waals surface area contributed by atoms with Crippen LogP contribution in [-0.2, 0) is 15.1 Å².